The van der Waals surface area contributed by atoms with Crippen molar-refractivity contribution in [1.82, 2.24) is 19.8 Å². The highest BCUT2D eigenvalue weighted by Crippen LogP contribution is 2.24. The van der Waals surface area contributed by atoms with Crippen molar-refractivity contribution in [3.63, 3.8) is 0 Å². The third-order valence-electron chi connectivity index (χ3n) is 4.90. The normalized spacial score (nSPS) is 18.4. The molecule has 2 N–H and O–H groups in total. The molecule has 1 aromatic carbocycles. The molecule has 0 bridgehead atoms. The zero-order valence-electron chi connectivity index (χ0n) is 15.3. The number of nitrogens with one attached hydrogen (secondary N) is 1. The summed E-state index contributed by atoms with van der Waals surface area (Å²) in [6, 6.07) is 7.13. The summed E-state index contributed by atoms with van der Waals surface area (Å²) in [5.41, 5.74) is 0.934. The van der Waals surface area contributed by atoms with Crippen molar-refractivity contribution in [1.29, 1.82) is 0 Å². The fourth-order valence-electron chi connectivity index (χ4n) is 3.36. The number of aryl methyl sites for hydroxylation is 1. The average Bonchev–Trinajstić information content (AvgIpc) is 3.11. The SMILES string of the molecule is COc1ccc(C(NC(=O)N2CCCC(CO)C2)c2nccn2C)cc1. The number of piperidine rings is 1. The number of urea groups is 1. The third-order valence-corrected chi connectivity index (χ3v) is 4.90. The Bertz CT molecular complexity index is 729. The summed E-state index contributed by atoms with van der Waals surface area (Å²) in [6.45, 7) is 1.40. The van der Waals surface area contributed by atoms with Crippen molar-refractivity contribution in [2.45, 2.75) is 18.9 Å². The molecule has 2 amide bonds. The minimum Gasteiger partial charge on any atom is -0.497 e. The molecule has 2 heterocycles. The molecule has 26 heavy (non-hydrogen) atoms. The summed E-state index contributed by atoms with van der Waals surface area (Å²) >= 11 is 0. The monoisotopic (exact) mass is 358 g/mol. The van der Waals surface area contributed by atoms with E-state index in [2.05, 4.69) is 10.3 Å². The number of aromatic nitrogens is 2. The Morgan fingerprint density at radius 1 is 1.42 bits per heavy atom. The van der Waals surface area contributed by atoms with Crippen LogP contribution < -0.4 is 10.1 Å². The number of amides is 2. The first-order valence-electron chi connectivity index (χ1n) is 8.90. The molecular formula is C19H26N4O3. The molecule has 0 aliphatic carbocycles. The lowest BCUT2D eigenvalue weighted by Gasteiger charge is -2.33. The molecule has 1 aliphatic heterocycles. The molecule has 0 spiro atoms. The van der Waals surface area contributed by atoms with Gasteiger partial charge >= 0.3 is 6.03 Å². The molecular weight excluding hydrogens is 332 g/mol. The van der Waals surface area contributed by atoms with Gasteiger partial charge in [0.1, 0.15) is 17.6 Å². The fourth-order valence-corrected chi connectivity index (χ4v) is 3.36. The number of benzene rings is 1. The van der Waals surface area contributed by atoms with E-state index in [1.807, 2.05) is 42.1 Å². The van der Waals surface area contributed by atoms with Crippen molar-refractivity contribution in [3.05, 3.63) is 48.0 Å². The molecule has 3 rings (SSSR count). The van der Waals surface area contributed by atoms with Crippen LogP contribution in [0.3, 0.4) is 0 Å². The fraction of sp³-hybridized carbons (Fsp3) is 0.474. The maximum atomic E-state index is 12.8. The Balaban J connectivity index is 1.81. The van der Waals surface area contributed by atoms with E-state index in [9.17, 15) is 9.90 Å². The van der Waals surface area contributed by atoms with Crippen LogP contribution in [0.1, 0.15) is 30.3 Å². The highest BCUT2D eigenvalue weighted by molar-refractivity contribution is 5.75. The zero-order chi connectivity index (χ0) is 18.5. The number of methoxy groups -OCH3 is 1. The number of ether oxygens (including phenoxy) is 1. The summed E-state index contributed by atoms with van der Waals surface area (Å²) in [7, 11) is 3.54. The van der Waals surface area contributed by atoms with Crippen LogP contribution in [0.5, 0.6) is 5.75 Å². The predicted molar refractivity (Wildman–Crippen MR) is 98.0 cm³/mol. The topological polar surface area (TPSA) is 79.6 Å². The molecule has 2 aromatic rings. The standard InChI is InChI=1S/C19H26N4O3/c1-22-11-9-20-18(22)17(15-5-7-16(26-2)8-6-15)21-19(25)23-10-3-4-14(12-23)13-24/h5-9,11,14,17,24H,3-4,10,12-13H2,1-2H3,(H,21,25). The number of aliphatic hydroxyl groups is 1. The van der Waals surface area contributed by atoms with Crippen molar-refractivity contribution >= 4 is 6.03 Å². The van der Waals surface area contributed by atoms with Gasteiger partial charge in [-0.15, -0.1) is 0 Å². The number of carbonyl (C=O) groups excluding carboxylic acids is 1. The summed E-state index contributed by atoms with van der Waals surface area (Å²) in [5, 5.41) is 12.5. The van der Waals surface area contributed by atoms with Crippen LogP contribution in [0.25, 0.3) is 0 Å². The lowest BCUT2D eigenvalue weighted by molar-refractivity contribution is 0.128. The number of imidazole rings is 1. The zero-order valence-corrected chi connectivity index (χ0v) is 15.3. The maximum absolute atomic E-state index is 12.8. The summed E-state index contributed by atoms with van der Waals surface area (Å²) < 4.78 is 7.13. The molecule has 0 saturated carbocycles. The molecule has 140 valence electrons. The molecule has 2 atom stereocenters. The van der Waals surface area contributed by atoms with Crippen molar-refractivity contribution in [2.24, 2.45) is 13.0 Å². The summed E-state index contributed by atoms with van der Waals surface area (Å²) in [6.07, 6.45) is 5.46. The van der Waals surface area contributed by atoms with Gasteiger partial charge in [-0.3, -0.25) is 0 Å². The maximum Gasteiger partial charge on any atom is 0.318 e. The van der Waals surface area contributed by atoms with Gasteiger partial charge in [0.25, 0.3) is 0 Å². The molecule has 7 nitrogen and oxygen atoms in total. The summed E-state index contributed by atoms with van der Waals surface area (Å²) in [5.74, 6) is 1.68. The quantitative estimate of drug-likeness (QED) is 0.856. The lowest BCUT2D eigenvalue weighted by atomic mass is 9.99. The average molecular weight is 358 g/mol. The van der Waals surface area contributed by atoms with Crippen LogP contribution in [0.4, 0.5) is 4.79 Å². The molecule has 1 fully saturated rings. The van der Waals surface area contributed by atoms with Crippen LogP contribution in [-0.2, 0) is 7.05 Å². The molecule has 7 heteroatoms. The van der Waals surface area contributed by atoms with Gasteiger partial charge in [0.05, 0.1) is 7.11 Å². The Labute approximate surface area is 153 Å². The van der Waals surface area contributed by atoms with Gasteiger partial charge in [-0.1, -0.05) is 12.1 Å². The van der Waals surface area contributed by atoms with E-state index < -0.39 is 0 Å². The Kier molecular flexibility index (Phi) is 5.78. The smallest absolute Gasteiger partial charge is 0.318 e. The molecule has 1 aliphatic rings. The largest absolute Gasteiger partial charge is 0.497 e. The second-order valence-electron chi connectivity index (χ2n) is 6.69. The van der Waals surface area contributed by atoms with Crippen molar-refractivity contribution < 1.29 is 14.6 Å². The first-order chi connectivity index (χ1) is 12.6. The van der Waals surface area contributed by atoms with Gasteiger partial charge in [-0.05, 0) is 36.5 Å². The van der Waals surface area contributed by atoms with E-state index in [1.165, 1.54) is 0 Å². The first-order valence-corrected chi connectivity index (χ1v) is 8.90. The number of hydrogen-bond donors (Lipinski definition) is 2. The number of aliphatic hydroxyl groups excluding tert-OH is 1. The summed E-state index contributed by atoms with van der Waals surface area (Å²) in [4.78, 5) is 19.0. The lowest BCUT2D eigenvalue weighted by Crippen LogP contribution is -2.47. The predicted octanol–water partition coefficient (Wildman–Crippen LogP) is 1.93. The number of nitrogens with zero attached hydrogens (tertiary/aromatic N) is 3. The van der Waals surface area contributed by atoms with Gasteiger partial charge in [-0.2, -0.15) is 0 Å². The number of hydrogen-bond acceptors (Lipinski definition) is 4. The Morgan fingerprint density at radius 2 is 2.19 bits per heavy atom. The van der Waals surface area contributed by atoms with Crippen LogP contribution in [-0.4, -0.2) is 52.4 Å². The van der Waals surface area contributed by atoms with E-state index in [4.69, 9.17) is 4.74 Å². The Hall–Kier alpha value is -2.54. The van der Waals surface area contributed by atoms with Gasteiger partial charge in [0, 0.05) is 39.1 Å². The minimum absolute atomic E-state index is 0.116. The Morgan fingerprint density at radius 3 is 2.81 bits per heavy atom. The van der Waals surface area contributed by atoms with Crippen LogP contribution in [0, 0.1) is 5.92 Å². The second kappa shape index (κ2) is 8.23. The molecule has 0 radical (unpaired) electrons. The molecule has 1 aromatic heterocycles. The van der Waals surface area contributed by atoms with E-state index in [-0.39, 0.29) is 24.6 Å². The van der Waals surface area contributed by atoms with Gasteiger partial charge in [-0.25, -0.2) is 9.78 Å². The van der Waals surface area contributed by atoms with E-state index in [0.717, 1.165) is 30.0 Å². The van der Waals surface area contributed by atoms with E-state index in [0.29, 0.717) is 13.1 Å². The number of carbonyl (C=O) groups is 1. The van der Waals surface area contributed by atoms with Gasteiger partial charge < -0.3 is 24.6 Å². The van der Waals surface area contributed by atoms with Crippen LogP contribution in [0.15, 0.2) is 36.7 Å². The highest BCUT2D eigenvalue weighted by atomic mass is 16.5. The van der Waals surface area contributed by atoms with Crippen molar-refractivity contribution in [3.8, 4) is 5.75 Å². The number of rotatable bonds is 5. The van der Waals surface area contributed by atoms with Crippen molar-refractivity contribution in [2.75, 3.05) is 26.8 Å². The van der Waals surface area contributed by atoms with Gasteiger partial charge in [0.15, 0.2) is 0 Å². The first kappa shape index (κ1) is 18.3. The minimum atomic E-state index is -0.358. The molecule has 2 unspecified atom stereocenters. The number of likely N-dealkylation sites (tertiary alicyclic amines) is 1. The van der Waals surface area contributed by atoms with E-state index >= 15 is 0 Å². The third kappa shape index (κ3) is 3.99. The molecule has 1 saturated heterocycles. The second-order valence-corrected chi connectivity index (χ2v) is 6.69. The van der Waals surface area contributed by atoms with Crippen LogP contribution in [0.2, 0.25) is 0 Å². The van der Waals surface area contributed by atoms with Gasteiger partial charge in [0.2, 0.25) is 0 Å². The highest BCUT2D eigenvalue weighted by Gasteiger charge is 2.27. The van der Waals surface area contributed by atoms with Crippen LogP contribution >= 0.6 is 0 Å². The van der Waals surface area contributed by atoms with E-state index in [1.54, 1.807) is 18.2 Å².